The average Bonchev–Trinajstić information content (AvgIpc) is 3.16. The lowest BCUT2D eigenvalue weighted by Gasteiger charge is -2.28. The van der Waals surface area contributed by atoms with E-state index in [9.17, 15) is 4.79 Å². The number of hydrogen-bond donors (Lipinski definition) is 1. The molecule has 2 aliphatic rings. The predicted molar refractivity (Wildman–Crippen MR) is 83.4 cm³/mol. The summed E-state index contributed by atoms with van der Waals surface area (Å²) in [6.45, 7) is 1.47. The second-order valence-electron chi connectivity index (χ2n) is 6.15. The first-order chi connectivity index (χ1) is 11.2. The third kappa shape index (κ3) is 2.46. The lowest BCUT2D eigenvalue weighted by molar-refractivity contribution is 0.0594. The molecule has 0 amide bonds. The third-order valence-corrected chi connectivity index (χ3v) is 4.55. The molecule has 3 heterocycles. The molecule has 2 bridgehead atoms. The van der Waals surface area contributed by atoms with E-state index in [1.54, 1.807) is 12.3 Å². The molecule has 7 nitrogen and oxygen atoms in total. The van der Waals surface area contributed by atoms with Gasteiger partial charge >= 0.3 is 5.97 Å². The van der Waals surface area contributed by atoms with Crippen LogP contribution < -0.4 is 5.32 Å². The summed E-state index contributed by atoms with van der Waals surface area (Å²) in [7, 11) is 1.34. The highest BCUT2D eigenvalue weighted by Gasteiger charge is 2.40. The Kier molecular flexibility index (Phi) is 3.30. The number of nitrogens with one attached hydrogen (secondary N) is 1. The van der Waals surface area contributed by atoms with Crippen LogP contribution in [0.2, 0.25) is 0 Å². The zero-order valence-corrected chi connectivity index (χ0v) is 12.9. The SMILES string of the molecule is COC(=O)c1cc2nccn2c(NCC23CC=CC(C2)OC3)n1. The molecule has 1 saturated heterocycles. The Morgan fingerprint density at radius 3 is 3.39 bits per heavy atom. The molecule has 1 aliphatic carbocycles. The maximum atomic E-state index is 11.8. The van der Waals surface area contributed by atoms with Crippen LogP contribution in [0.3, 0.4) is 0 Å². The average molecular weight is 314 g/mol. The maximum absolute atomic E-state index is 11.8. The van der Waals surface area contributed by atoms with E-state index < -0.39 is 5.97 Å². The number of aromatic nitrogens is 3. The summed E-state index contributed by atoms with van der Waals surface area (Å²) >= 11 is 0. The molecule has 7 heteroatoms. The van der Waals surface area contributed by atoms with Crippen molar-refractivity contribution in [2.45, 2.75) is 18.9 Å². The van der Waals surface area contributed by atoms with E-state index in [1.807, 2.05) is 10.6 Å². The molecular weight excluding hydrogens is 296 g/mol. The molecule has 2 atom stereocenters. The fraction of sp³-hybridized carbons (Fsp3) is 0.438. The molecule has 2 aromatic heterocycles. The van der Waals surface area contributed by atoms with Crippen LogP contribution in [0.5, 0.6) is 0 Å². The molecule has 0 aromatic carbocycles. The molecule has 2 unspecified atom stereocenters. The second kappa shape index (κ2) is 5.34. The maximum Gasteiger partial charge on any atom is 0.356 e. The molecule has 0 radical (unpaired) electrons. The minimum Gasteiger partial charge on any atom is -0.464 e. The number of carbonyl (C=O) groups is 1. The van der Waals surface area contributed by atoms with Gasteiger partial charge in [-0.2, -0.15) is 0 Å². The van der Waals surface area contributed by atoms with E-state index in [0.29, 0.717) is 11.6 Å². The van der Waals surface area contributed by atoms with Crippen LogP contribution in [0.25, 0.3) is 5.65 Å². The van der Waals surface area contributed by atoms with Crippen molar-refractivity contribution in [1.29, 1.82) is 0 Å². The largest absolute Gasteiger partial charge is 0.464 e. The highest BCUT2D eigenvalue weighted by molar-refractivity contribution is 5.88. The van der Waals surface area contributed by atoms with E-state index in [2.05, 4.69) is 27.4 Å². The number of methoxy groups -OCH3 is 1. The summed E-state index contributed by atoms with van der Waals surface area (Å²) in [5.74, 6) is 0.120. The van der Waals surface area contributed by atoms with Gasteiger partial charge in [0.25, 0.3) is 0 Å². The molecule has 2 aromatic rings. The molecule has 1 fully saturated rings. The van der Waals surface area contributed by atoms with E-state index in [1.165, 1.54) is 7.11 Å². The van der Waals surface area contributed by atoms with E-state index >= 15 is 0 Å². The van der Waals surface area contributed by atoms with Crippen LogP contribution in [0.4, 0.5) is 5.95 Å². The molecule has 4 rings (SSSR count). The van der Waals surface area contributed by atoms with E-state index in [0.717, 1.165) is 26.0 Å². The smallest absolute Gasteiger partial charge is 0.356 e. The summed E-state index contributed by atoms with van der Waals surface area (Å²) in [5, 5.41) is 3.37. The van der Waals surface area contributed by atoms with Crippen LogP contribution in [-0.4, -0.2) is 46.7 Å². The zero-order chi connectivity index (χ0) is 15.9. The van der Waals surface area contributed by atoms with Crippen molar-refractivity contribution < 1.29 is 14.3 Å². The number of rotatable bonds is 4. The number of ether oxygens (including phenoxy) is 2. The number of carbonyl (C=O) groups excluding carboxylic acids is 1. The number of imidazole rings is 1. The fourth-order valence-corrected chi connectivity index (χ4v) is 3.28. The van der Waals surface area contributed by atoms with Gasteiger partial charge in [-0.25, -0.2) is 14.8 Å². The molecule has 1 N–H and O–H groups in total. The number of anilines is 1. The lowest BCUT2D eigenvalue weighted by atomic mass is 9.79. The highest BCUT2D eigenvalue weighted by Crippen LogP contribution is 2.40. The van der Waals surface area contributed by atoms with Gasteiger partial charge in [0, 0.05) is 30.4 Å². The van der Waals surface area contributed by atoms with Gasteiger partial charge in [-0.3, -0.25) is 4.40 Å². The topological polar surface area (TPSA) is 77.8 Å². The van der Waals surface area contributed by atoms with Gasteiger partial charge in [-0.15, -0.1) is 0 Å². The summed E-state index contributed by atoms with van der Waals surface area (Å²) in [6, 6.07) is 1.62. The van der Waals surface area contributed by atoms with E-state index in [-0.39, 0.29) is 17.2 Å². The van der Waals surface area contributed by atoms with Crippen molar-refractivity contribution in [3.05, 3.63) is 36.3 Å². The van der Waals surface area contributed by atoms with Crippen LogP contribution in [-0.2, 0) is 9.47 Å². The number of hydrogen-bond acceptors (Lipinski definition) is 6. The third-order valence-electron chi connectivity index (χ3n) is 4.55. The molecule has 0 spiro atoms. The van der Waals surface area contributed by atoms with Crippen molar-refractivity contribution in [3.8, 4) is 0 Å². The summed E-state index contributed by atoms with van der Waals surface area (Å²) < 4.78 is 12.4. The van der Waals surface area contributed by atoms with Crippen molar-refractivity contribution in [3.63, 3.8) is 0 Å². The standard InChI is InChI=1S/C16H18N4O3/c1-22-14(21)12-7-13-17-5-6-20(13)15(19-12)18-9-16-4-2-3-11(8-16)23-10-16/h2-3,5-7,11H,4,8-10H2,1H3,(H,18,19). The van der Waals surface area contributed by atoms with Crippen molar-refractivity contribution in [2.75, 3.05) is 25.6 Å². The van der Waals surface area contributed by atoms with Crippen molar-refractivity contribution in [2.24, 2.45) is 5.41 Å². The van der Waals surface area contributed by atoms with E-state index in [4.69, 9.17) is 9.47 Å². The first-order valence-electron chi connectivity index (χ1n) is 7.64. The Balaban J connectivity index is 1.62. The number of allylic oxidation sites excluding steroid dienone is 1. The Bertz CT molecular complexity index is 785. The van der Waals surface area contributed by atoms with Gasteiger partial charge in [0.2, 0.25) is 5.95 Å². The molecule has 120 valence electrons. The molecule has 1 aliphatic heterocycles. The number of fused-ring (bicyclic) bond motifs is 3. The van der Waals surface area contributed by atoms with Gasteiger partial charge in [-0.05, 0) is 12.8 Å². The normalized spacial score (nSPS) is 25.7. The van der Waals surface area contributed by atoms with Crippen LogP contribution in [0.15, 0.2) is 30.6 Å². The van der Waals surface area contributed by atoms with Gasteiger partial charge in [0.05, 0.1) is 19.8 Å². The van der Waals surface area contributed by atoms with Crippen LogP contribution in [0.1, 0.15) is 23.3 Å². The second-order valence-corrected chi connectivity index (χ2v) is 6.15. The van der Waals surface area contributed by atoms with Gasteiger partial charge in [-0.1, -0.05) is 12.2 Å². The highest BCUT2D eigenvalue weighted by atomic mass is 16.5. The monoisotopic (exact) mass is 314 g/mol. The van der Waals surface area contributed by atoms with Crippen molar-refractivity contribution in [1.82, 2.24) is 14.4 Å². The van der Waals surface area contributed by atoms with Gasteiger partial charge < -0.3 is 14.8 Å². The number of nitrogens with zero attached hydrogens (tertiary/aromatic N) is 3. The Morgan fingerprint density at radius 2 is 2.52 bits per heavy atom. The Morgan fingerprint density at radius 1 is 1.61 bits per heavy atom. The molecular formula is C16H18N4O3. The summed E-state index contributed by atoms with van der Waals surface area (Å²) in [5.41, 5.74) is 0.995. The van der Waals surface area contributed by atoms with Gasteiger partial charge in [0.1, 0.15) is 5.65 Å². The fourth-order valence-electron chi connectivity index (χ4n) is 3.28. The van der Waals surface area contributed by atoms with Gasteiger partial charge in [0.15, 0.2) is 5.69 Å². The molecule has 23 heavy (non-hydrogen) atoms. The predicted octanol–water partition coefficient (Wildman–Crippen LogP) is 1.66. The minimum absolute atomic E-state index is 0.0925. The van der Waals surface area contributed by atoms with Crippen LogP contribution >= 0.6 is 0 Å². The summed E-state index contributed by atoms with van der Waals surface area (Å²) in [6.07, 6.45) is 10.1. The quantitative estimate of drug-likeness (QED) is 0.683. The first kappa shape index (κ1) is 14.2. The van der Waals surface area contributed by atoms with Crippen molar-refractivity contribution >= 4 is 17.6 Å². The Labute approximate surface area is 133 Å². The lowest BCUT2D eigenvalue weighted by Crippen LogP contribution is -2.32. The van der Waals surface area contributed by atoms with Crippen LogP contribution in [0, 0.1) is 5.41 Å². The zero-order valence-electron chi connectivity index (χ0n) is 12.9. The summed E-state index contributed by atoms with van der Waals surface area (Å²) in [4.78, 5) is 20.4. The minimum atomic E-state index is -0.471. The first-order valence-corrected chi connectivity index (χ1v) is 7.64. The number of esters is 1. The molecule has 0 saturated carbocycles. The Hall–Kier alpha value is -2.41.